The smallest absolute Gasteiger partial charge is 0.300 e. The summed E-state index contributed by atoms with van der Waals surface area (Å²) in [5.74, 6) is -1.79. The average molecular weight is 246 g/mol. The molecule has 2 atom stereocenters. The van der Waals surface area contributed by atoms with Crippen molar-refractivity contribution >= 4 is 5.78 Å². The fraction of sp³-hybridized carbons (Fsp3) is 0.417. The normalized spacial score (nSPS) is 23.6. The van der Waals surface area contributed by atoms with Crippen molar-refractivity contribution < 1.29 is 22.4 Å². The lowest BCUT2D eigenvalue weighted by Gasteiger charge is -2.12. The predicted molar refractivity (Wildman–Crippen MR) is 52.9 cm³/mol. The van der Waals surface area contributed by atoms with Crippen LogP contribution in [-0.4, -0.2) is 5.78 Å². The molecule has 0 aromatic heterocycles. The van der Waals surface area contributed by atoms with Crippen molar-refractivity contribution in [3.05, 3.63) is 35.1 Å². The summed E-state index contributed by atoms with van der Waals surface area (Å²) in [6, 6.07) is 2.62. The molecule has 0 N–H and O–H groups in total. The molecule has 1 aromatic carbocycles. The second-order valence-corrected chi connectivity index (χ2v) is 4.29. The van der Waals surface area contributed by atoms with E-state index in [9.17, 15) is 22.4 Å². The number of halogens is 4. The van der Waals surface area contributed by atoms with Crippen LogP contribution in [0.2, 0.25) is 0 Å². The minimum Gasteiger partial charge on any atom is -0.300 e. The first-order valence-corrected chi connectivity index (χ1v) is 5.18. The van der Waals surface area contributed by atoms with Crippen molar-refractivity contribution in [3.8, 4) is 0 Å². The van der Waals surface area contributed by atoms with Crippen LogP contribution < -0.4 is 0 Å². The van der Waals surface area contributed by atoms with Crippen molar-refractivity contribution in [2.75, 3.05) is 0 Å². The van der Waals surface area contributed by atoms with Crippen LogP contribution in [0.25, 0.3) is 0 Å². The van der Waals surface area contributed by atoms with E-state index in [2.05, 4.69) is 0 Å². The Bertz CT molecular complexity index is 464. The zero-order valence-corrected chi connectivity index (χ0v) is 9.01. The summed E-state index contributed by atoms with van der Waals surface area (Å²) in [5, 5.41) is 0. The molecular formula is C12H10F4O. The molecule has 5 heteroatoms. The van der Waals surface area contributed by atoms with E-state index < -0.39 is 23.5 Å². The number of hydrogen-bond donors (Lipinski definition) is 0. The second kappa shape index (κ2) is 3.82. The first-order valence-electron chi connectivity index (χ1n) is 5.18. The molecule has 1 fully saturated rings. The van der Waals surface area contributed by atoms with Crippen molar-refractivity contribution in [2.24, 2.45) is 5.92 Å². The minimum absolute atomic E-state index is 0.0269. The first-order chi connectivity index (χ1) is 7.80. The van der Waals surface area contributed by atoms with E-state index in [1.165, 1.54) is 6.92 Å². The first kappa shape index (κ1) is 12.1. The summed E-state index contributed by atoms with van der Waals surface area (Å²) in [4.78, 5) is 11.1. The minimum atomic E-state index is -4.58. The fourth-order valence-corrected chi connectivity index (χ4v) is 2.09. The SMILES string of the molecule is CC(=O)C1CC1c1ccc(F)cc1C(F)(F)F. The third kappa shape index (κ3) is 2.33. The summed E-state index contributed by atoms with van der Waals surface area (Å²) in [5.41, 5.74) is -0.939. The van der Waals surface area contributed by atoms with E-state index in [-0.39, 0.29) is 17.3 Å². The van der Waals surface area contributed by atoms with Crippen LogP contribution in [0.3, 0.4) is 0 Å². The zero-order valence-electron chi connectivity index (χ0n) is 9.01. The van der Waals surface area contributed by atoms with Gasteiger partial charge in [0.1, 0.15) is 11.6 Å². The van der Waals surface area contributed by atoms with Crippen molar-refractivity contribution in [1.29, 1.82) is 0 Å². The van der Waals surface area contributed by atoms with Gasteiger partial charge in [-0.1, -0.05) is 6.07 Å². The van der Waals surface area contributed by atoms with Gasteiger partial charge in [-0.05, 0) is 37.0 Å². The van der Waals surface area contributed by atoms with Gasteiger partial charge in [0.2, 0.25) is 0 Å². The van der Waals surface area contributed by atoms with Gasteiger partial charge in [0.15, 0.2) is 0 Å². The number of hydrogen-bond acceptors (Lipinski definition) is 1. The van der Waals surface area contributed by atoms with Crippen LogP contribution >= 0.6 is 0 Å². The number of ketones is 1. The van der Waals surface area contributed by atoms with Crippen LogP contribution in [0.5, 0.6) is 0 Å². The van der Waals surface area contributed by atoms with Gasteiger partial charge in [0, 0.05) is 5.92 Å². The summed E-state index contributed by atoms with van der Waals surface area (Å²) >= 11 is 0. The van der Waals surface area contributed by atoms with Gasteiger partial charge >= 0.3 is 6.18 Å². The van der Waals surface area contributed by atoms with Gasteiger partial charge in [0.05, 0.1) is 5.56 Å². The molecule has 17 heavy (non-hydrogen) atoms. The Hall–Kier alpha value is -1.39. The number of Topliss-reactive ketones (excluding diaryl/α,β-unsaturated/α-hetero) is 1. The maximum atomic E-state index is 12.9. The van der Waals surface area contributed by atoms with Crippen LogP contribution in [0.1, 0.15) is 30.4 Å². The Morgan fingerprint density at radius 1 is 1.35 bits per heavy atom. The highest BCUT2D eigenvalue weighted by atomic mass is 19.4. The van der Waals surface area contributed by atoms with E-state index in [0.717, 1.165) is 12.1 Å². The highest BCUT2D eigenvalue weighted by molar-refractivity contribution is 5.82. The molecule has 1 aliphatic rings. The number of carbonyl (C=O) groups is 1. The lowest BCUT2D eigenvalue weighted by Crippen LogP contribution is -2.10. The number of alkyl halides is 3. The standard InChI is InChI=1S/C12H10F4O/c1-6(17)9-5-10(9)8-3-2-7(13)4-11(8)12(14,15)16/h2-4,9-10H,5H2,1H3. The Labute approximate surface area is 95.4 Å². The lowest BCUT2D eigenvalue weighted by molar-refractivity contribution is -0.138. The highest BCUT2D eigenvalue weighted by Crippen LogP contribution is 2.51. The quantitative estimate of drug-likeness (QED) is 0.729. The van der Waals surface area contributed by atoms with Gasteiger partial charge in [-0.2, -0.15) is 13.2 Å². The molecule has 0 amide bonds. The Balaban J connectivity index is 2.39. The van der Waals surface area contributed by atoms with Gasteiger partial charge in [-0.3, -0.25) is 4.79 Å². The summed E-state index contributed by atoms with van der Waals surface area (Å²) in [6.45, 7) is 1.36. The van der Waals surface area contributed by atoms with E-state index in [0.29, 0.717) is 12.5 Å². The molecule has 0 heterocycles. The molecule has 2 rings (SSSR count). The molecule has 1 nitrogen and oxygen atoms in total. The average Bonchev–Trinajstić information content (AvgIpc) is 2.95. The molecule has 2 unspecified atom stereocenters. The largest absolute Gasteiger partial charge is 0.416 e. The third-order valence-corrected chi connectivity index (χ3v) is 3.03. The molecular weight excluding hydrogens is 236 g/mol. The monoisotopic (exact) mass is 246 g/mol. The zero-order chi connectivity index (χ0) is 12.8. The van der Waals surface area contributed by atoms with E-state index >= 15 is 0 Å². The maximum Gasteiger partial charge on any atom is 0.416 e. The van der Waals surface area contributed by atoms with Crippen LogP contribution in [0.15, 0.2) is 18.2 Å². The summed E-state index contributed by atoms with van der Waals surface area (Å²) in [7, 11) is 0. The molecule has 0 radical (unpaired) electrons. The van der Waals surface area contributed by atoms with Crippen LogP contribution in [0, 0.1) is 11.7 Å². The maximum absolute atomic E-state index is 12.9. The fourth-order valence-electron chi connectivity index (χ4n) is 2.09. The molecule has 92 valence electrons. The van der Waals surface area contributed by atoms with Crippen molar-refractivity contribution in [3.63, 3.8) is 0 Å². The summed E-state index contributed by atoms with van der Waals surface area (Å²) < 4.78 is 50.9. The molecule has 1 saturated carbocycles. The number of benzene rings is 1. The van der Waals surface area contributed by atoms with Gasteiger partial charge in [-0.25, -0.2) is 4.39 Å². The molecule has 0 aliphatic heterocycles. The molecule has 0 bridgehead atoms. The molecule has 0 saturated heterocycles. The Morgan fingerprint density at radius 3 is 2.47 bits per heavy atom. The van der Waals surface area contributed by atoms with E-state index in [1.54, 1.807) is 0 Å². The van der Waals surface area contributed by atoms with Crippen LogP contribution in [0.4, 0.5) is 17.6 Å². The Kier molecular flexibility index (Phi) is 2.72. The van der Waals surface area contributed by atoms with E-state index in [1.807, 2.05) is 0 Å². The van der Waals surface area contributed by atoms with Gasteiger partial charge in [-0.15, -0.1) is 0 Å². The van der Waals surface area contributed by atoms with Gasteiger partial charge < -0.3 is 0 Å². The van der Waals surface area contributed by atoms with Crippen molar-refractivity contribution in [2.45, 2.75) is 25.4 Å². The molecule has 1 aliphatic carbocycles. The summed E-state index contributed by atoms with van der Waals surface area (Å²) in [6.07, 6.45) is -4.16. The van der Waals surface area contributed by atoms with Gasteiger partial charge in [0.25, 0.3) is 0 Å². The highest BCUT2D eigenvalue weighted by Gasteiger charge is 2.46. The molecule has 0 spiro atoms. The van der Waals surface area contributed by atoms with E-state index in [4.69, 9.17) is 0 Å². The predicted octanol–water partition coefficient (Wildman–Crippen LogP) is 3.54. The molecule has 1 aromatic rings. The van der Waals surface area contributed by atoms with Crippen molar-refractivity contribution in [1.82, 2.24) is 0 Å². The van der Waals surface area contributed by atoms with Crippen LogP contribution in [-0.2, 0) is 11.0 Å². The number of rotatable bonds is 2. The lowest BCUT2D eigenvalue weighted by atomic mass is 10.0. The number of carbonyl (C=O) groups excluding carboxylic acids is 1. The topological polar surface area (TPSA) is 17.1 Å². The Morgan fingerprint density at radius 2 is 2.00 bits per heavy atom. The second-order valence-electron chi connectivity index (χ2n) is 4.29. The third-order valence-electron chi connectivity index (χ3n) is 3.03.